The van der Waals surface area contributed by atoms with Gasteiger partial charge in [0, 0.05) is 22.7 Å². The van der Waals surface area contributed by atoms with Crippen molar-refractivity contribution < 1.29 is 0 Å². The van der Waals surface area contributed by atoms with Crippen LogP contribution < -0.4 is 19.6 Å². The van der Waals surface area contributed by atoms with Gasteiger partial charge in [-0.25, -0.2) is 0 Å². The first-order chi connectivity index (χ1) is 32.9. The van der Waals surface area contributed by atoms with E-state index in [1.165, 1.54) is 112 Å². The summed E-state index contributed by atoms with van der Waals surface area (Å²) in [6, 6.07) is 40.1. The number of aryl methyl sites for hydroxylation is 4. The van der Waals surface area contributed by atoms with Gasteiger partial charge in [0.2, 0.25) is 0 Å². The van der Waals surface area contributed by atoms with E-state index in [1.54, 1.807) is 0 Å². The van der Waals surface area contributed by atoms with Gasteiger partial charge in [0.25, 0.3) is 0 Å². The number of benzene rings is 6. The van der Waals surface area contributed by atoms with E-state index < -0.39 is 0 Å². The lowest BCUT2D eigenvalue weighted by Gasteiger charge is -2.45. The van der Waals surface area contributed by atoms with Crippen molar-refractivity contribution in [2.45, 2.75) is 198 Å². The minimum atomic E-state index is -0.246. The van der Waals surface area contributed by atoms with Crippen LogP contribution in [0.2, 0.25) is 0 Å². The number of rotatable bonds is 13. The molecule has 0 amide bonds. The van der Waals surface area contributed by atoms with Crippen LogP contribution in [0.3, 0.4) is 0 Å². The zero-order valence-corrected chi connectivity index (χ0v) is 46.8. The molecule has 0 spiro atoms. The first kappa shape index (κ1) is 50.9. The Hall–Kier alpha value is -5.48. The van der Waals surface area contributed by atoms with E-state index in [2.05, 4.69) is 255 Å². The van der Waals surface area contributed by atoms with E-state index in [0.29, 0.717) is 47.3 Å². The molecule has 0 bridgehead atoms. The molecule has 0 N–H and O–H groups in total. The molecule has 2 aliphatic heterocycles. The predicted octanol–water partition coefficient (Wildman–Crippen LogP) is 19.8. The van der Waals surface area contributed by atoms with E-state index >= 15 is 0 Å². The Kier molecular flexibility index (Phi) is 14.3. The van der Waals surface area contributed by atoms with Crippen molar-refractivity contribution in [3.63, 3.8) is 0 Å². The molecule has 4 nitrogen and oxygen atoms in total. The second-order valence-electron chi connectivity index (χ2n) is 23.8. The third-order valence-corrected chi connectivity index (χ3v) is 15.8. The Morgan fingerprint density at radius 3 is 0.500 bits per heavy atom. The van der Waals surface area contributed by atoms with Crippen LogP contribution >= 0.6 is 0 Å². The average Bonchev–Trinajstić information content (AvgIpc) is 3.79. The highest BCUT2D eigenvalue weighted by molar-refractivity contribution is 5.95. The summed E-state index contributed by atoms with van der Waals surface area (Å²) in [6.07, 6.45) is -0.492. The van der Waals surface area contributed by atoms with Crippen LogP contribution in [0, 0.1) is 27.7 Å². The quantitative estimate of drug-likeness (QED) is 0.114. The lowest BCUT2D eigenvalue weighted by Crippen LogP contribution is -2.58. The summed E-state index contributed by atoms with van der Waals surface area (Å²) >= 11 is 0. The van der Waals surface area contributed by atoms with Crippen LogP contribution in [0.5, 0.6) is 0 Å². The van der Waals surface area contributed by atoms with Crippen LogP contribution in [0.4, 0.5) is 45.5 Å². The highest BCUT2D eigenvalue weighted by atomic mass is 15.5. The fraction of sp³-hybridized carbons (Fsp3) is 0.455. The monoisotopic (exact) mass is 935 g/mol. The molecule has 370 valence electrons. The SMILES string of the molecule is Cc1cc2c(cc1C)N(c1cc(C(C)C)cc(C(C)C)c1)C(C1N(c3cc(C(C)C)cc(C(C)C)c3)c3cc(C)c(C)cc3N1c1cc(C(C)C)cc(C(C)C)c1)N2c1cc(C(C)C)cc(C(C)C)c1. The molecule has 0 aromatic heterocycles. The van der Waals surface area contributed by atoms with Gasteiger partial charge in [-0.1, -0.05) is 135 Å². The molecule has 70 heavy (non-hydrogen) atoms. The van der Waals surface area contributed by atoms with Gasteiger partial charge in [-0.05, 0) is 215 Å². The standard InChI is InChI=1S/C66H86N4/c1-37(2)49-25-50(38(3)4)30-57(29-49)67-61-21-45(17)46(18)22-62(61)68(58-31-51(39(5)6)26-52(32-58)40(7)8)65(67)66-69(59-33-53(41(9)10)27-54(34-59)42(11)12)63-23-47(19)48(20)24-64(63)70(66)60-35-55(43(13)14)28-56(36-60)44(15)16/h21-44,65-66H,1-20H3. The molecule has 2 heterocycles. The van der Waals surface area contributed by atoms with Gasteiger partial charge in [0.1, 0.15) is 0 Å². The Morgan fingerprint density at radius 2 is 0.371 bits per heavy atom. The highest BCUT2D eigenvalue weighted by Crippen LogP contribution is 2.58. The van der Waals surface area contributed by atoms with E-state index in [1.807, 2.05) is 0 Å². The first-order valence-corrected chi connectivity index (χ1v) is 26.9. The van der Waals surface area contributed by atoms with Crippen LogP contribution in [0.25, 0.3) is 0 Å². The molecule has 0 saturated carbocycles. The third-order valence-electron chi connectivity index (χ3n) is 15.8. The summed E-state index contributed by atoms with van der Waals surface area (Å²) in [6.45, 7) is 46.9. The molecule has 6 aromatic rings. The number of hydrogen-bond acceptors (Lipinski definition) is 4. The summed E-state index contributed by atoms with van der Waals surface area (Å²) < 4.78 is 0. The zero-order chi connectivity index (χ0) is 50.9. The maximum Gasteiger partial charge on any atom is 0.151 e. The van der Waals surface area contributed by atoms with Crippen LogP contribution in [-0.4, -0.2) is 12.3 Å². The molecule has 0 unspecified atom stereocenters. The molecule has 0 fully saturated rings. The van der Waals surface area contributed by atoms with Crippen LogP contribution in [0.1, 0.15) is 225 Å². The Labute approximate surface area is 425 Å². The lowest BCUT2D eigenvalue weighted by molar-refractivity contribution is 0.548. The van der Waals surface area contributed by atoms with Crippen molar-refractivity contribution in [2.24, 2.45) is 0 Å². The van der Waals surface area contributed by atoms with Crippen molar-refractivity contribution in [1.29, 1.82) is 0 Å². The second kappa shape index (κ2) is 19.6. The van der Waals surface area contributed by atoms with E-state index in [4.69, 9.17) is 0 Å². The summed E-state index contributed by atoms with van der Waals surface area (Å²) in [7, 11) is 0. The minimum absolute atomic E-state index is 0.246. The Balaban J connectivity index is 1.60. The lowest BCUT2D eigenvalue weighted by atomic mass is 9.93. The van der Waals surface area contributed by atoms with Crippen molar-refractivity contribution in [2.75, 3.05) is 19.6 Å². The Morgan fingerprint density at radius 1 is 0.229 bits per heavy atom. The van der Waals surface area contributed by atoms with Gasteiger partial charge in [-0.2, -0.15) is 0 Å². The summed E-state index contributed by atoms with van der Waals surface area (Å²) in [5.41, 5.74) is 26.2. The minimum Gasteiger partial charge on any atom is -0.314 e. The second-order valence-corrected chi connectivity index (χ2v) is 23.8. The number of nitrogens with zero attached hydrogens (tertiary/aromatic N) is 4. The maximum atomic E-state index is 2.78. The van der Waals surface area contributed by atoms with Crippen molar-refractivity contribution in [3.05, 3.63) is 164 Å². The van der Waals surface area contributed by atoms with Gasteiger partial charge in [0.05, 0.1) is 22.7 Å². The maximum absolute atomic E-state index is 2.78. The topological polar surface area (TPSA) is 13.0 Å². The van der Waals surface area contributed by atoms with Crippen LogP contribution in [0.15, 0.2) is 97.1 Å². The van der Waals surface area contributed by atoms with Gasteiger partial charge in [0.15, 0.2) is 12.3 Å². The summed E-state index contributed by atoms with van der Waals surface area (Å²) in [5.74, 6) is 2.90. The molecule has 2 aliphatic rings. The van der Waals surface area contributed by atoms with E-state index in [0.717, 1.165) is 0 Å². The Bertz CT molecular complexity index is 2390. The largest absolute Gasteiger partial charge is 0.314 e. The number of fused-ring (bicyclic) bond motifs is 2. The average molecular weight is 935 g/mol. The normalized spacial score (nSPS) is 14.5. The molecular formula is C66H86N4. The number of anilines is 8. The van der Waals surface area contributed by atoms with Crippen molar-refractivity contribution in [3.8, 4) is 0 Å². The molecule has 0 aliphatic carbocycles. The molecule has 0 atom stereocenters. The first-order valence-electron chi connectivity index (χ1n) is 26.9. The van der Waals surface area contributed by atoms with Gasteiger partial charge < -0.3 is 19.6 Å². The predicted molar refractivity (Wildman–Crippen MR) is 306 cm³/mol. The van der Waals surface area contributed by atoms with Gasteiger partial charge in [-0.15, -0.1) is 0 Å². The highest BCUT2D eigenvalue weighted by Gasteiger charge is 2.52. The van der Waals surface area contributed by atoms with Crippen LogP contribution in [-0.2, 0) is 0 Å². The molecule has 0 saturated heterocycles. The molecular weight excluding hydrogens is 849 g/mol. The molecule has 8 rings (SSSR count). The fourth-order valence-corrected chi connectivity index (χ4v) is 10.7. The van der Waals surface area contributed by atoms with Crippen molar-refractivity contribution >= 4 is 45.5 Å². The summed E-state index contributed by atoms with van der Waals surface area (Å²) in [5, 5.41) is 0. The van der Waals surface area contributed by atoms with E-state index in [9.17, 15) is 0 Å². The molecule has 0 radical (unpaired) electrons. The third kappa shape index (κ3) is 9.42. The number of hydrogen-bond donors (Lipinski definition) is 0. The summed E-state index contributed by atoms with van der Waals surface area (Å²) in [4.78, 5) is 11.1. The smallest absolute Gasteiger partial charge is 0.151 e. The van der Waals surface area contributed by atoms with E-state index in [-0.39, 0.29) is 12.3 Å². The zero-order valence-electron chi connectivity index (χ0n) is 46.8. The van der Waals surface area contributed by atoms with Gasteiger partial charge in [-0.3, -0.25) is 0 Å². The fourth-order valence-electron chi connectivity index (χ4n) is 10.7. The molecule has 6 aromatic carbocycles. The molecule has 4 heteroatoms. The van der Waals surface area contributed by atoms with Crippen molar-refractivity contribution in [1.82, 2.24) is 0 Å². The van der Waals surface area contributed by atoms with Gasteiger partial charge >= 0.3 is 0 Å².